The highest BCUT2D eigenvalue weighted by Gasteiger charge is 2.52. The number of aliphatic carboxylic acids is 1. The molecule has 0 aromatic carbocycles. The molecule has 2 amide bonds. The molecule has 1 heterocycles. The normalized spacial score (nSPS) is 24.1. The van der Waals surface area contributed by atoms with E-state index in [0.29, 0.717) is 32.4 Å². The van der Waals surface area contributed by atoms with Gasteiger partial charge in [-0.2, -0.15) is 0 Å². The number of piperidine rings is 1. The smallest absolute Gasteiger partial charge is 0.329 e. The number of rotatable bonds is 5. The number of carbonyl (C=O) groups is 3. The molecule has 1 aliphatic carbocycles. The largest absolute Gasteiger partial charge is 0.480 e. The van der Waals surface area contributed by atoms with Crippen LogP contribution in [0.5, 0.6) is 0 Å². The fourth-order valence-electron chi connectivity index (χ4n) is 2.64. The summed E-state index contributed by atoms with van der Waals surface area (Å²) in [5.41, 5.74) is -1.03. The minimum Gasteiger partial charge on any atom is -0.480 e. The molecule has 6 heteroatoms. The second-order valence-electron chi connectivity index (χ2n) is 5.81. The molecule has 0 radical (unpaired) electrons. The van der Waals surface area contributed by atoms with Crippen molar-refractivity contribution in [1.82, 2.24) is 10.2 Å². The Hall–Kier alpha value is -1.59. The Morgan fingerprint density at radius 3 is 2.60 bits per heavy atom. The van der Waals surface area contributed by atoms with E-state index in [1.807, 2.05) is 6.92 Å². The number of likely N-dealkylation sites (tertiary alicyclic amines) is 1. The summed E-state index contributed by atoms with van der Waals surface area (Å²) in [4.78, 5) is 36.9. The maximum atomic E-state index is 12.2. The molecule has 0 aromatic heterocycles. The van der Waals surface area contributed by atoms with Crippen molar-refractivity contribution in [2.45, 2.75) is 51.0 Å². The fourth-order valence-corrected chi connectivity index (χ4v) is 2.64. The van der Waals surface area contributed by atoms with Crippen molar-refractivity contribution < 1.29 is 19.5 Å². The van der Waals surface area contributed by atoms with Gasteiger partial charge in [0.1, 0.15) is 5.54 Å². The Morgan fingerprint density at radius 1 is 1.35 bits per heavy atom. The van der Waals surface area contributed by atoms with E-state index < -0.39 is 11.5 Å². The summed E-state index contributed by atoms with van der Waals surface area (Å²) in [6, 6.07) is 0. The van der Waals surface area contributed by atoms with Gasteiger partial charge in [0.05, 0.1) is 5.92 Å². The molecule has 6 nitrogen and oxygen atoms in total. The maximum Gasteiger partial charge on any atom is 0.329 e. The van der Waals surface area contributed by atoms with Gasteiger partial charge in [0, 0.05) is 19.5 Å². The average molecular weight is 282 g/mol. The quantitative estimate of drug-likeness (QED) is 0.779. The van der Waals surface area contributed by atoms with Crippen molar-refractivity contribution in [2.75, 3.05) is 13.1 Å². The van der Waals surface area contributed by atoms with Crippen LogP contribution in [0.1, 0.15) is 45.4 Å². The predicted molar refractivity (Wildman–Crippen MR) is 72.0 cm³/mol. The number of hydrogen-bond donors (Lipinski definition) is 2. The van der Waals surface area contributed by atoms with Crippen molar-refractivity contribution in [3.8, 4) is 0 Å². The van der Waals surface area contributed by atoms with Crippen molar-refractivity contribution in [3.05, 3.63) is 0 Å². The summed E-state index contributed by atoms with van der Waals surface area (Å²) in [6.07, 6.45) is 3.82. The Kier molecular flexibility index (Phi) is 4.30. The number of amides is 2. The van der Waals surface area contributed by atoms with Gasteiger partial charge in [-0.25, -0.2) is 4.79 Å². The lowest BCUT2D eigenvalue weighted by atomic mass is 9.96. The van der Waals surface area contributed by atoms with E-state index in [4.69, 9.17) is 5.11 Å². The average Bonchev–Trinajstić information content (AvgIpc) is 3.20. The van der Waals surface area contributed by atoms with E-state index in [0.717, 1.165) is 19.3 Å². The molecule has 1 aliphatic heterocycles. The number of nitrogens with zero attached hydrogens (tertiary/aromatic N) is 1. The van der Waals surface area contributed by atoms with Gasteiger partial charge in [-0.1, -0.05) is 6.92 Å². The molecule has 1 saturated carbocycles. The maximum absolute atomic E-state index is 12.2. The van der Waals surface area contributed by atoms with Gasteiger partial charge in [0.15, 0.2) is 0 Å². The molecule has 2 fully saturated rings. The molecule has 20 heavy (non-hydrogen) atoms. The summed E-state index contributed by atoms with van der Waals surface area (Å²) >= 11 is 0. The van der Waals surface area contributed by atoms with Crippen LogP contribution in [0.25, 0.3) is 0 Å². The molecule has 1 atom stereocenters. The van der Waals surface area contributed by atoms with Crippen LogP contribution in [0, 0.1) is 5.92 Å². The number of carboxylic acid groups (broad SMARTS) is 1. The van der Waals surface area contributed by atoms with E-state index in [9.17, 15) is 14.4 Å². The van der Waals surface area contributed by atoms with E-state index in [1.165, 1.54) is 0 Å². The Balaban J connectivity index is 1.90. The first-order valence-electron chi connectivity index (χ1n) is 7.31. The number of carboxylic acids is 1. The summed E-state index contributed by atoms with van der Waals surface area (Å²) in [6.45, 7) is 3.07. The third-order valence-electron chi connectivity index (χ3n) is 4.13. The highest BCUT2D eigenvalue weighted by atomic mass is 16.4. The van der Waals surface area contributed by atoms with E-state index >= 15 is 0 Å². The Labute approximate surface area is 118 Å². The van der Waals surface area contributed by atoms with Crippen molar-refractivity contribution >= 4 is 17.8 Å². The lowest BCUT2D eigenvalue weighted by Crippen LogP contribution is -2.50. The molecule has 2 N–H and O–H groups in total. The molecule has 112 valence electrons. The minimum absolute atomic E-state index is 0.0874. The third kappa shape index (κ3) is 3.11. The summed E-state index contributed by atoms with van der Waals surface area (Å²) < 4.78 is 0. The van der Waals surface area contributed by atoms with Gasteiger partial charge in [-0.3, -0.25) is 9.59 Å². The Morgan fingerprint density at radius 2 is 2.05 bits per heavy atom. The van der Waals surface area contributed by atoms with Crippen molar-refractivity contribution in [3.63, 3.8) is 0 Å². The molecule has 0 spiro atoms. The molecule has 1 saturated heterocycles. The Bertz CT molecular complexity index is 417. The van der Waals surface area contributed by atoms with Gasteiger partial charge in [-0.15, -0.1) is 0 Å². The molecule has 2 aliphatic rings. The second-order valence-corrected chi connectivity index (χ2v) is 5.81. The van der Waals surface area contributed by atoms with E-state index in [-0.39, 0.29) is 17.7 Å². The molecule has 0 bridgehead atoms. The summed E-state index contributed by atoms with van der Waals surface area (Å²) in [5.74, 6) is -1.37. The standard InChI is InChI=1S/C14H22N2O4/c1-2-4-11(17)16-8-3-5-10(9-16)12(18)15-14(6-7-14)13(19)20/h10H,2-9H2,1H3,(H,15,18)(H,19,20). The van der Waals surface area contributed by atoms with Crippen LogP contribution < -0.4 is 5.32 Å². The number of hydrogen-bond acceptors (Lipinski definition) is 3. The van der Waals surface area contributed by atoms with Gasteiger partial charge in [0.25, 0.3) is 0 Å². The molecule has 1 unspecified atom stereocenters. The predicted octanol–water partition coefficient (Wildman–Crippen LogP) is 0.758. The third-order valence-corrected chi connectivity index (χ3v) is 4.13. The highest BCUT2D eigenvalue weighted by Crippen LogP contribution is 2.36. The van der Waals surface area contributed by atoms with Gasteiger partial charge < -0.3 is 15.3 Å². The lowest BCUT2D eigenvalue weighted by Gasteiger charge is -2.32. The fraction of sp³-hybridized carbons (Fsp3) is 0.786. The van der Waals surface area contributed by atoms with E-state index in [1.54, 1.807) is 4.90 Å². The molecule has 2 rings (SSSR count). The summed E-state index contributed by atoms with van der Waals surface area (Å²) in [7, 11) is 0. The zero-order valence-corrected chi connectivity index (χ0v) is 11.9. The van der Waals surface area contributed by atoms with Crippen LogP contribution in [0.3, 0.4) is 0 Å². The first-order valence-corrected chi connectivity index (χ1v) is 7.31. The van der Waals surface area contributed by atoms with Crippen LogP contribution >= 0.6 is 0 Å². The molecular formula is C14H22N2O4. The first-order chi connectivity index (χ1) is 9.48. The monoisotopic (exact) mass is 282 g/mol. The minimum atomic E-state index is -1.03. The zero-order chi connectivity index (χ0) is 14.8. The zero-order valence-electron chi connectivity index (χ0n) is 11.9. The van der Waals surface area contributed by atoms with Crippen LogP contribution in [0.15, 0.2) is 0 Å². The first kappa shape index (κ1) is 14.8. The van der Waals surface area contributed by atoms with Gasteiger partial charge >= 0.3 is 5.97 Å². The summed E-state index contributed by atoms with van der Waals surface area (Å²) in [5, 5.41) is 11.7. The SMILES string of the molecule is CCCC(=O)N1CCCC(C(=O)NC2(C(=O)O)CC2)C1. The number of carbonyl (C=O) groups excluding carboxylic acids is 2. The second kappa shape index (κ2) is 5.81. The van der Waals surface area contributed by atoms with Crippen LogP contribution in [-0.4, -0.2) is 46.4 Å². The highest BCUT2D eigenvalue weighted by molar-refractivity contribution is 5.90. The van der Waals surface area contributed by atoms with Crippen molar-refractivity contribution in [1.29, 1.82) is 0 Å². The topological polar surface area (TPSA) is 86.7 Å². The number of nitrogens with one attached hydrogen (secondary N) is 1. The van der Waals surface area contributed by atoms with Gasteiger partial charge in [0.2, 0.25) is 11.8 Å². The van der Waals surface area contributed by atoms with Crippen LogP contribution in [-0.2, 0) is 14.4 Å². The molecule has 0 aromatic rings. The van der Waals surface area contributed by atoms with Crippen LogP contribution in [0.2, 0.25) is 0 Å². The van der Waals surface area contributed by atoms with Gasteiger partial charge in [-0.05, 0) is 32.1 Å². The van der Waals surface area contributed by atoms with E-state index in [2.05, 4.69) is 5.32 Å². The molecular weight excluding hydrogens is 260 g/mol. The lowest BCUT2D eigenvalue weighted by molar-refractivity contribution is -0.145. The van der Waals surface area contributed by atoms with Crippen LogP contribution in [0.4, 0.5) is 0 Å². The van der Waals surface area contributed by atoms with Crippen molar-refractivity contribution in [2.24, 2.45) is 5.92 Å².